The van der Waals surface area contributed by atoms with E-state index >= 15 is 0 Å². The van der Waals surface area contributed by atoms with Crippen molar-refractivity contribution in [3.63, 3.8) is 0 Å². The van der Waals surface area contributed by atoms with E-state index in [1.807, 2.05) is 6.07 Å². The van der Waals surface area contributed by atoms with Crippen molar-refractivity contribution in [3.05, 3.63) is 59.7 Å². The van der Waals surface area contributed by atoms with Crippen molar-refractivity contribution < 1.29 is 33.7 Å². The van der Waals surface area contributed by atoms with Crippen LogP contribution in [-0.4, -0.2) is 43.1 Å². The minimum absolute atomic E-state index is 0.00911. The molecule has 0 bridgehead atoms. The molecule has 1 unspecified atom stereocenters. The summed E-state index contributed by atoms with van der Waals surface area (Å²) in [5.41, 5.74) is 2.01. The first kappa shape index (κ1) is 24.2. The summed E-state index contributed by atoms with van der Waals surface area (Å²) in [5, 5.41) is 10.4. The van der Waals surface area contributed by atoms with Crippen LogP contribution in [0.5, 0.6) is 5.75 Å². The number of carbonyl (C=O) groups is 2. The summed E-state index contributed by atoms with van der Waals surface area (Å²) < 4.78 is 16.0. The Morgan fingerprint density at radius 3 is 2.32 bits per heavy atom. The monoisotopic (exact) mass is 431 g/mol. The van der Waals surface area contributed by atoms with Gasteiger partial charge in [0.25, 0.3) is 0 Å². The Hall–Kier alpha value is -3.10. The van der Waals surface area contributed by atoms with Crippen LogP contribution in [0.3, 0.4) is 0 Å². The van der Waals surface area contributed by atoms with Crippen LogP contribution in [0, 0.1) is 0 Å². The number of aliphatic carboxylic acids is 1. The fourth-order valence-electron chi connectivity index (χ4n) is 2.87. The number of carbonyl (C=O) groups excluding carboxylic acids is 1. The first-order valence-corrected chi connectivity index (χ1v) is 10.0. The van der Waals surface area contributed by atoms with E-state index in [-0.39, 0.29) is 25.7 Å². The number of hydrogen-bond acceptors (Lipinski definition) is 6. The van der Waals surface area contributed by atoms with Crippen molar-refractivity contribution >= 4 is 17.7 Å². The van der Waals surface area contributed by atoms with Crippen LogP contribution in [0.15, 0.2) is 48.5 Å². The van der Waals surface area contributed by atoms with Gasteiger partial charge in [0.05, 0.1) is 25.5 Å². The standard InChI is InChI=1S/C23H29NO7/c1-5-30-24(19-9-11-20(28-4)12-10-19)23(27)29-15-18-8-6-7-17(13-18)14-21(22(25)26)31-16(2)3/h6-13,16,21H,5,14-15H2,1-4H3,(H,25,26). The fourth-order valence-corrected chi connectivity index (χ4v) is 2.87. The second-order valence-electron chi connectivity index (χ2n) is 7.00. The summed E-state index contributed by atoms with van der Waals surface area (Å²) >= 11 is 0. The van der Waals surface area contributed by atoms with Gasteiger partial charge >= 0.3 is 12.1 Å². The van der Waals surface area contributed by atoms with Crippen molar-refractivity contribution in [3.8, 4) is 5.75 Å². The Morgan fingerprint density at radius 2 is 1.74 bits per heavy atom. The van der Waals surface area contributed by atoms with Gasteiger partial charge in [-0.25, -0.2) is 9.59 Å². The number of hydroxylamine groups is 1. The topological polar surface area (TPSA) is 94.5 Å². The second kappa shape index (κ2) is 11.9. The molecule has 0 aliphatic rings. The van der Waals surface area contributed by atoms with Crippen molar-refractivity contribution in [1.29, 1.82) is 0 Å². The number of rotatable bonds is 11. The minimum atomic E-state index is -1.02. The largest absolute Gasteiger partial charge is 0.497 e. The summed E-state index contributed by atoms with van der Waals surface area (Å²) in [6.07, 6.45) is -1.59. The molecule has 168 valence electrons. The van der Waals surface area contributed by atoms with E-state index in [4.69, 9.17) is 19.0 Å². The molecule has 2 aromatic rings. The van der Waals surface area contributed by atoms with Crippen molar-refractivity contribution in [2.24, 2.45) is 0 Å². The molecule has 0 fully saturated rings. The van der Waals surface area contributed by atoms with E-state index in [1.54, 1.807) is 70.3 Å². The van der Waals surface area contributed by atoms with Crippen molar-refractivity contribution in [2.75, 3.05) is 18.8 Å². The number of carboxylic acids is 1. The molecule has 0 aromatic heterocycles. The Bertz CT molecular complexity index is 851. The molecule has 8 heteroatoms. The predicted octanol–water partition coefficient (Wildman–Crippen LogP) is 4.21. The molecule has 31 heavy (non-hydrogen) atoms. The van der Waals surface area contributed by atoms with Crippen LogP contribution in [0.25, 0.3) is 0 Å². The molecule has 1 N–H and O–H groups in total. The van der Waals surface area contributed by atoms with Gasteiger partial charge in [-0.2, -0.15) is 5.06 Å². The number of ether oxygens (including phenoxy) is 3. The first-order valence-electron chi connectivity index (χ1n) is 10.0. The third-order valence-electron chi connectivity index (χ3n) is 4.22. The molecule has 0 aliphatic carbocycles. The van der Waals surface area contributed by atoms with E-state index in [0.29, 0.717) is 11.4 Å². The fraction of sp³-hybridized carbons (Fsp3) is 0.391. The summed E-state index contributed by atoms with van der Waals surface area (Å²) in [4.78, 5) is 29.4. The lowest BCUT2D eigenvalue weighted by molar-refractivity contribution is -0.153. The number of hydrogen-bond donors (Lipinski definition) is 1. The maximum Gasteiger partial charge on any atom is 0.439 e. The Labute approximate surface area is 182 Å². The molecule has 0 heterocycles. The quantitative estimate of drug-likeness (QED) is 0.533. The lowest BCUT2D eigenvalue weighted by atomic mass is 10.0. The summed E-state index contributed by atoms with van der Waals surface area (Å²) in [5.74, 6) is -0.358. The molecule has 8 nitrogen and oxygen atoms in total. The average Bonchev–Trinajstić information content (AvgIpc) is 2.75. The second-order valence-corrected chi connectivity index (χ2v) is 7.00. The number of anilines is 1. The Kier molecular flexibility index (Phi) is 9.30. The third-order valence-corrected chi connectivity index (χ3v) is 4.22. The van der Waals surface area contributed by atoms with Crippen molar-refractivity contribution in [2.45, 2.75) is 46.0 Å². The zero-order chi connectivity index (χ0) is 22.8. The summed E-state index contributed by atoms with van der Waals surface area (Å²) in [7, 11) is 1.56. The summed E-state index contributed by atoms with van der Waals surface area (Å²) in [6, 6.07) is 14.0. The van der Waals surface area contributed by atoms with Gasteiger partial charge in [0.15, 0.2) is 6.10 Å². The minimum Gasteiger partial charge on any atom is -0.497 e. The molecule has 2 rings (SSSR count). The number of carboxylic acid groups (broad SMARTS) is 1. The maximum atomic E-state index is 12.6. The third kappa shape index (κ3) is 7.58. The highest BCUT2D eigenvalue weighted by atomic mass is 16.7. The maximum absolute atomic E-state index is 12.6. The smallest absolute Gasteiger partial charge is 0.439 e. The highest BCUT2D eigenvalue weighted by molar-refractivity contribution is 5.85. The van der Waals surface area contributed by atoms with Gasteiger partial charge in [-0.05, 0) is 56.2 Å². The summed E-state index contributed by atoms with van der Waals surface area (Å²) in [6.45, 7) is 5.64. The molecule has 0 radical (unpaired) electrons. The number of methoxy groups -OCH3 is 1. The molecule has 0 saturated heterocycles. The van der Waals surface area contributed by atoms with E-state index < -0.39 is 18.2 Å². The average molecular weight is 431 g/mol. The van der Waals surface area contributed by atoms with Crippen LogP contribution < -0.4 is 9.80 Å². The predicted molar refractivity (Wildman–Crippen MR) is 115 cm³/mol. The van der Waals surface area contributed by atoms with E-state index in [9.17, 15) is 14.7 Å². The number of nitrogens with zero attached hydrogens (tertiary/aromatic N) is 1. The SMILES string of the molecule is CCON(C(=O)OCc1cccc(CC(OC(C)C)C(=O)O)c1)c1ccc(OC)cc1. The van der Waals surface area contributed by atoms with E-state index in [2.05, 4.69) is 0 Å². The van der Waals surface area contributed by atoms with Crippen LogP contribution in [-0.2, 0) is 32.1 Å². The van der Waals surface area contributed by atoms with Gasteiger partial charge in [0.2, 0.25) is 0 Å². The van der Waals surface area contributed by atoms with Crippen LogP contribution in [0.4, 0.5) is 10.5 Å². The molecular weight excluding hydrogens is 402 g/mol. The lowest BCUT2D eigenvalue weighted by Crippen LogP contribution is -2.31. The van der Waals surface area contributed by atoms with E-state index in [0.717, 1.165) is 16.2 Å². The Balaban J connectivity index is 2.04. The van der Waals surface area contributed by atoms with Gasteiger partial charge in [0, 0.05) is 6.42 Å². The van der Waals surface area contributed by atoms with Gasteiger partial charge in [0.1, 0.15) is 12.4 Å². The highest BCUT2D eigenvalue weighted by Crippen LogP contribution is 2.21. The van der Waals surface area contributed by atoms with Crippen molar-refractivity contribution in [1.82, 2.24) is 0 Å². The molecule has 0 aliphatic heterocycles. The van der Waals surface area contributed by atoms with Crippen LogP contribution in [0.1, 0.15) is 31.9 Å². The van der Waals surface area contributed by atoms with Crippen LogP contribution in [0.2, 0.25) is 0 Å². The highest BCUT2D eigenvalue weighted by Gasteiger charge is 2.21. The molecule has 2 aromatic carbocycles. The van der Waals surface area contributed by atoms with Gasteiger partial charge in [-0.3, -0.25) is 4.84 Å². The number of benzene rings is 2. The molecule has 0 spiro atoms. The first-order chi connectivity index (χ1) is 14.8. The zero-order valence-corrected chi connectivity index (χ0v) is 18.2. The van der Waals surface area contributed by atoms with E-state index in [1.165, 1.54) is 0 Å². The normalized spacial score (nSPS) is 11.8. The Morgan fingerprint density at radius 1 is 1.06 bits per heavy atom. The van der Waals surface area contributed by atoms with Gasteiger partial charge in [-0.15, -0.1) is 0 Å². The van der Waals surface area contributed by atoms with Gasteiger partial charge < -0.3 is 19.3 Å². The number of amides is 1. The molecular formula is C23H29NO7. The molecule has 1 atom stereocenters. The zero-order valence-electron chi connectivity index (χ0n) is 18.2. The molecule has 1 amide bonds. The molecule has 0 saturated carbocycles. The van der Waals surface area contributed by atoms with Gasteiger partial charge in [-0.1, -0.05) is 24.3 Å². The van der Waals surface area contributed by atoms with Crippen LogP contribution >= 0.6 is 0 Å². The lowest BCUT2D eigenvalue weighted by Gasteiger charge is -2.21.